The number of anilines is 1. The number of ketones is 1. The molecule has 0 spiro atoms. The van der Waals surface area contributed by atoms with Crippen LogP contribution < -0.4 is 5.32 Å². The Labute approximate surface area is 144 Å². The van der Waals surface area contributed by atoms with Gasteiger partial charge in [0.1, 0.15) is 5.01 Å². The van der Waals surface area contributed by atoms with Crippen LogP contribution in [-0.2, 0) is 9.59 Å². The molecule has 1 N–H and O–H groups in total. The van der Waals surface area contributed by atoms with Crippen molar-refractivity contribution in [2.24, 2.45) is 0 Å². The fourth-order valence-corrected chi connectivity index (χ4v) is 3.01. The minimum atomic E-state index is -5.03. The van der Waals surface area contributed by atoms with Crippen molar-refractivity contribution in [1.29, 1.82) is 0 Å². The van der Waals surface area contributed by atoms with Gasteiger partial charge in [-0.25, -0.2) is 4.98 Å². The lowest BCUT2D eigenvalue weighted by Gasteiger charge is -2.08. The molecule has 24 heavy (non-hydrogen) atoms. The van der Waals surface area contributed by atoms with E-state index >= 15 is 0 Å². The van der Waals surface area contributed by atoms with Crippen molar-refractivity contribution in [2.75, 3.05) is 5.32 Å². The van der Waals surface area contributed by atoms with E-state index < -0.39 is 24.3 Å². The summed E-state index contributed by atoms with van der Waals surface area (Å²) < 4.78 is 36.5. The van der Waals surface area contributed by atoms with Gasteiger partial charge < -0.3 is 5.32 Å². The van der Waals surface area contributed by atoms with Gasteiger partial charge in [0.25, 0.3) is 0 Å². The molecule has 0 aliphatic heterocycles. The first kappa shape index (κ1) is 18.4. The maximum atomic E-state index is 12.2. The Bertz CT molecular complexity index is 783. The third-order valence-corrected chi connectivity index (χ3v) is 4.58. The van der Waals surface area contributed by atoms with Crippen LogP contribution in [0, 0.1) is 13.8 Å². The van der Waals surface area contributed by atoms with E-state index in [1.807, 2.05) is 13.8 Å². The maximum absolute atomic E-state index is 12.2. The van der Waals surface area contributed by atoms with Crippen LogP contribution in [0.2, 0.25) is 5.02 Å². The van der Waals surface area contributed by atoms with Gasteiger partial charge in [-0.2, -0.15) is 13.2 Å². The molecule has 0 fully saturated rings. The van der Waals surface area contributed by atoms with E-state index in [9.17, 15) is 22.8 Å². The number of amides is 1. The summed E-state index contributed by atoms with van der Waals surface area (Å²) in [5.74, 6) is -3.14. The van der Waals surface area contributed by atoms with Gasteiger partial charge in [-0.1, -0.05) is 11.6 Å². The number of carbonyl (C=O) groups is 2. The average molecular weight is 377 g/mol. The quantitative estimate of drug-likeness (QED) is 0.797. The molecule has 9 heteroatoms. The Balaban J connectivity index is 2.19. The SMILES string of the molecule is Cc1nc(-c2cc(NC(=O)CC(=O)C(F)(F)F)ccc2Cl)sc1C. The molecule has 1 amide bonds. The van der Waals surface area contributed by atoms with Crippen molar-refractivity contribution in [3.63, 3.8) is 0 Å². The molecular weight excluding hydrogens is 365 g/mol. The molecule has 2 aromatic rings. The van der Waals surface area contributed by atoms with Crippen LogP contribution in [0.4, 0.5) is 18.9 Å². The second-order valence-electron chi connectivity index (χ2n) is 5.00. The third kappa shape index (κ3) is 4.33. The molecule has 0 bridgehead atoms. The lowest BCUT2D eigenvalue weighted by atomic mass is 10.2. The zero-order valence-corrected chi connectivity index (χ0v) is 14.2. The molecule has 0 saturated carbocycles. The molecule has 0 saturated heterocycles. The molecular formula is C15H12ClF3N2O2S. The lowest BCUT2D eigenvalue weighted by molar-refractivity contribution is -0.171. The molecule has 0 radical (unpaired) electrons. The van der Waals surface area contributed by atoms with E-state index in [2.05, 4.69) is 10.3 Å². The second-order valence-corrected chi connectivity index (χ2v) is 6.61. The Morgan fingerprint density at radius 2 is 1.96 bits per heavy atom. The summed E-state index contributed by atoms with van der Waals surface area (Å²) in [5.41, 5.74) is 1.63. The lowest BCUT2D eigenvalue weighted by Crippen LogP contribution is -2.27. The molecule has 0 aliphatic carbocycles. The highest BCUT2D eigenvalue weighted by Crippen LogP contribution is 2.34. The number of thiazole rings is 1. The third-order valence-electron chi connectivity index (χ3n) is 3.15. The topological polar surface area (TPSA) is 59.1 Å². The number of nitrogens with one attached hydrogen (secondary N) is 1. The van der Waals surface area contributed by atoms with Crippen molar-refractivity contribution in [3.05, 3.63) is 33.8 Å². The number of benzene rings is 1. The molecule has 1 aromatic heterocycles. The highest BCUT2D eigenvalue weighted by molar-refractivity contribution is 7.15. The van der Waals surface area contributed by atoms with Crippen molar-refractivity contribution < 1.29 is 22.8 Å². The van der Waals surface area contributed by atoms with Crippen LogP contribution in [0.15, 0.2) is 18.2 Å². The second kappa shape index (κ2) is 6.90. The normalized spacial score (nSPS) is 11.4. The van der Waals surface area contributed by atoms with Gasteiger partial charge in [0.2, 0.25) is 11.7 Å². The molecule has 128 valence electrons. The zero-order chi connectivity index (χ0) is 18.1. The fraction of sp³-hybridized carbons (Fsp3) is 0.267. The number of hydrogen-bond acceptors (Lipinski definition) is 4. The highest BCUT2D eigenvalue weighted by atomic mass is 35.5. The first-order chi connectivity index (χ1) is 11.1. The van der Waals surface area contributed by atoms with Gasteiger partial charge in [0.15, 0.2) is 0 Å². The first-order valence-electron chi connectivity index (χ1n) is 6.71. The molecule has 0 aliphatic rings. The number of alkyl halides is 3. The standard InChI is InChI=1S/C15H12ClF3N2O2S/c1-7-8(2)24-14(20-7)10-5-9(3-4-11(10)16)21-13(23)6-12(22)15(17,18)19/h3-5H,6H2,1-2H3,(H,21,23). The minimum Gasteiger partial charge on any atom is -0.326 e. The van der Waals surface area contributed by atoms with Gasteiger partial charge in [-0.15, -0.1) is 11.3 Å². The summed E-state index contributed by atoms with van der Waals surface area (Å²) in [5, 5.41) is 3.30. The summed E-state index contributed by atoms with van der Waals surface area (Å²) in [6, 6.07) is 4.45. The van der Waals surface area contributed by atoms with Crippen molar-refractivity contribution >= 4 is 40.3 Å². The highest BCUT2D eigenvalue weighted by Gasteiger charge is 2.39. The number of aryl methyl sites for hydroxylation is 2. The molecule has 2 rings (SSSR count). The summed E-state index contributed by atoms with van der Waals surface area (Å²) in [7, 11) is 0. The van der Waals surface area contributed by atoms with Gasteiger partial charge in [-0.3, -0.25) is 9.59 Å². The number of aromatic nitrogens is 1. The van der Waals surface area contributed by atoms with Crippen LogP contribution in [0.25, 0.3) is 10.6 Å². The summed E-state index contributed by atoms with van der Waals surface area (Å²) in [6.07, 6.45) is -6.30. The smallest absolute Gasteiger partial charge is 0.326 e. The molecule has 0 atom stereocenters. The number of halogens is 4. The molecule has 4 nitrogen and oxygen atoms in total. The van der Waals surface area contributed by atoms with E-state index in [1.54, 1.807) is 0 Å². The van der Waals surface area contributed by atoms with Gasteiger partial charge in [-0.05, 0) is 32.0 Å². The number of Topliss-reactive ketones (excluding diaryl/α,β-unsaturated/α-hetero) is 1. The van der Waals surface area contributed by atoms with Crippen LogP contribution in [0.5, 0.6) is 0 Å². The molecule has 1 aromatic carbocycles. The Morgan fingerprint density at radius 3 is 2.50 bits per heavy atom. The Morgan fingerprint density at radius 1 is 1.29 bits per heavy atom. The summed E-state index contributed by atoms with van der Waals surface area (Å²) >= 11 is 7.54. The van der Waals surface area contributed by atoms with Crippen LogP contribution in [0.3, 0.4) is 0 Å². The zero-order valence-electron chi connectivity index (χ0n) is 12.6. The Hall–Kier alpha value is -1.93. The predicted octanol–water partition coefficient (Wildman–Crippen LogP) is 4.54. The van der Waals surface area contributed by atoms with Gasteiger partial charge in [0.05, 0.1) is 17.1 Å². The van der Waals surface area contributed by atoms with E-state index in [4.69, 9.17) is 11.6 Å². The minimum absolute atomic E-state index is 0.236. The van der Waals surface area contributed by atoms with E-state index in [-0.39, 0.29) is 5.69 Å². The largest absolute Gasteiger partial charge is 0.450 e. The van der Waals surface area contributed by atoms with Gasteiger partial charge >= 0.3 is 6.18 Å². The summed E-state index contributed by atoms with van der Waals surface area (Å²) in [6.45, 7) is 3.75. The first-order valence-corrected chi connectivity index (χ1v) is 7.91. The number of rotatable bonds is 4. The van der Waals surface area contributed by atoms with E-state index in [1.165, 1.54) is 29.5 Å². The van der Waals surface area contributed by atoms with Crippen molar-refractivity contribution in [3.8, 4) is 10.6 Å². The van der Waals surface area contributed by atoms with Crippen LogP contribution in [-0.4, -0.2) is 22.9 Å². The van der Waals surface area contributed by atoms with Crippen LogP contribution in [0.1, 0.15) is 17.0 Å². The molecule has 1 heterocycles. The number of nitrogens with zero attached hydrogens (tertiary/aromatic N) is 1. The van der Waals surface area contributed by atoms with Crippen molar-refractivity contribution in [1.82, 2.24) is 4.98 Å². The van der Waals surface area contributed by atoms with Crippen LogP contribution >= 0.6 is 22.9 Å². The summed E-state index contributed by atoms with van der Waals surface area (Å²) in [4.78, 5) is 27.8. The molecule has 0 unspecified atom stereocenters. The monoisotopic (exact) mass is 376 g/mol. The van der Waals surface area contributed by atoms with Gasteiger partial charge in [0, 0.05) is 16.1 Å². The average Bonchev–Trinajstić information content (AvgIpc) is 2.79. The van der Waals surface area contributed by atoms with E-state index in [0.717, 1.165) is 10.6 Å². The Kier molecular flexibility index (Phi) is 5.29. The number of hydrogen-bond donors (Lipinski definition) is 1. The predicted molar refractivity (Wildman–Crippen MR) is 86.3 cm³/mol. The van der Waals surface area contributed by atoms with E-state index in [0.29, 0.717) is 15.6 Å². The maximum Gasteiger partial charge on any atom is 0.450 e. The fourth-order valence-electron chi connectivity index (χ4n) is 1.81. The van der Waals surface area contributed by atoms with Crippen molar-refractivity contribution in [2.45, 2.75) is 26.4 Å². The number of carbonyl (C=O) groups excluding carboxylic acids is 2.